The van der Waals surface area contributed by atoms with Crippen molar-refractivity contribution in [2.75, 3.05) is 34.5 Å². The molecule has 3 nitrogen and oxygen atoms in total. The van der Waals surface area contributed by atoms with Crippen molar-refractivity contribution in [2.45, 2.75) is 20.0 Å². The minimum Gasteiger partial charge on any atom is -0.388 e. The van der Waals surface area contributed by atoms with Crippen LogP contribution in [0.3, 0.4) is 0 Å². The van der Waals surface area contributed by atoms with Crippen molar-refractivity contribution in [2.24, 2.45) is 0 Å². The van der Waals surface area contributed by atoms with Crippen LogP contribution in [0.4, 0.5) is 0 Å². The molecule has 21 heavy (non-hydrogen) atoms. The maximum atomic E-state index is 4.82. The average Bonchev–Trinajstić information content (AvgIpc) is 3.35. The van der Waals surface area contributed by atoms with Gasteiger partial charge in [-0.15, -0.1) is 0 Å². The highest BCUT2D eigenvalue weighted by molar-refractivity contribution is 5.81. The van der Waals surface area contributed by atoms with Gasteiger partial charge in [0.15, 0.2) is 0 Å². The number of epoxide rings is 1. The predicted octanol–water partition coefficient (Wildman–Crippen LogP) is 4.16. The van der Waals surface area contributed by atoms with E-state index in [9.17, 15) is 0 Å². The molecular formula is C18H28O3. The lowest BCUT2D eigenvalue weighted by atomic mass is 10.1. The summed E-state index contributed by atoms with van der Waals surface area (Å²) in [6, 6.07) is 16.7. The monoisotopic (exact) mass is 292 g/mol. The van der Waals surface area contributed by atoms with E-state index in [0.717, 1.165) is 13.2 Å². The highest BCUT2D eigenvalue weighted by Crippen LogP contribution is 2.11. The number of ether oxygens (including phenoxy) is 3. The van der Waals surface area contributed by atoms with Crippen LogP contribution in [0.1, 0.15) is 13.8 Å². The van der Waals surface area contributed by atoms with E-state index in [4.69, 9.17) is 9.47 Å². The number of fused-ring (bicyclic) bond motifs is 1. The van der Waals surface area contributed by atoms with Crippen LogP contribution in [0.5, 0.6) is 0 Å². The fourth-order valence-corrected chi connectivity index (χ4v) is 1.48. The van der Waals surface area contributed by atoms with Crippen LogP contribution in [0.2, 0.25) is 0 Å². The summed E-state index contributed by atoms with van der Waals surface area (Å²) in [6.45, 7) is 5.66. The summed E-state index contributed by atoms with van der Waals surface area (Å²) in [5, 5.41) is 2.62. The normalized spacial score (nSPS) is 14.6. The number of benzene rings is 2. The topological polar surface area (TPSA) is 31.0 Å². The second kappa shape index (κ2) is 13.6. The van der Waals surface area contributed by atoms with Crippen LogP contribution < -0.4 is 0 Å². The van der Waals surface area contributed by atoms with Gasteiger partial charge in [0.25, 0.3) is 0 Å². The zero-order valence-corrected chi connectivity index (χ0v) is 13.8. The molecule has 0 amide bonds. The summed E-state index contributed by atoms with van der Waals surface area (Å²) in [5.41, 5.74) is 0. The summed E-state index contributed by atoms with van der Waals surface area (Å²) < 4.78 is 13.8. The summed E-state index contributed by atoms with van der Waals surface area (Å²) in [4.78, 5) is 0. The van der Waals surface area contributed by atoms with E-state index in [1.165, 1.54) is 10.8 Å². The molecule has 0 spiro atoms. The Bertz CT molecular complexity index is 387. The summed E-state index contributed by atoms with van der Waals surface area (Å²) >= 11 is 0. The Morgan fingerprint density at radius 2 is 1.24 bits per heavy atom. The van der Waals surface area contributed by atoms with Gasteiger partial charge in [0.2, 0.25) is 0 Å². The second-order valence-electron chi connectivity index (χ2n) is 4.17. The summed E-state index contributed by atoms with van der Waals surface area (Å²) in [5.74, 6) is 0. The standard InChI is InChI=1S/C10H8.C4H8O2.C2H6O.C2H6/c1-2-6-10-8-4-3-7-9(10)5-1;1-5-2-4-3-6-4;1-3-2;1-2/h1-8H;4H,2-3H2,1H3;1-2H3;1-2H3. The molecule has 1 atom stereocenters. The van der Waals surface area contributed by atoms with Crippen molar-refractivity contribution in [3.05, 3.63) is 48.5 Å². The first-order valence-corrected chi connectivity index (χ1v) is 7.26. The van der Waals surface area contributed by atoms with E-state index in [0.29, 0.717) is 6.10 Å². The van der Waals surface area contributed by atoms with Gasteiger partial charge in [-0.1, -0.05) is 62.4 Å². The molecular weight excluding hydrogens is 264 g/mol. The third kappa shape index (κ3) is 10.0. The number of rotatable bonds is 2. The largest absolute Gasteiger partial charge is 0.388 e. The molecule has 1 aliphatic rings. The Morgan fingerprint density at radius 1 is 0.905 bits per heavy atom. The van der Waals surface area contributed by atoms with Gasteiger partial charge < -0.3 is 14.2 Å². The Morgan fingerprint density at radius 3 is 1.43 bits per heavy atom. The van der Waals surface area contributed by atoms with Gasteiger partial charge in [-0.3, -0.25) is 0 Å². The van der Waals surface area contributed by atoms with Crippen molar-refractivity contribution in [1.29, 1.82) is 0 Å². The van der Waals surface area contributed by atoms with E-state index in [1.807, 2.05) is 13.8 Å². The molecule has 1 fully saturated rings. The van der Waals surface area contributed by atoms with Crippen molar-refractivity contribution < 1.29 is 14.2 Å². The van der Waals surface area contributed by atoms with E-state index >= 15 is 0 Å². The van der Waals surface area contributed by atoms with E-state index < -0.39 is 0 Å². The third-order valence-electron chi connectivity index (χ3n) is 2.41. The highest BCUT2D eigenvalue weighted by Gasteiger charge is 2.21. The zero-order chi connectivity index (χ0) is 15.9. The first-order valence-electron chi connectivity index (χ1n) is 7.26. The van der Waals surface area contributed by atoms with Crippen molar-refractivity contribution in [3.8, 4) is 0 Å². The van der Waals surface area contributed by atoms with Gasteiger partial charge in [-0.2, -0.15) is 0 Å². The molecule has 0 N–H and O–H groups in total. The third-order valence-corrected chi connectivity index (χ3v) is 2.41. The van der Waals surface area contributed by atoms with Crippen LogP contribution >= 0.6 is 0 Å². The van der Waals surface area contributed by atoms with Gasteiger partial charge in [0, 0.05) is 21.3 Å². The first-order chi connectivity index (χ1) is 10.3. The Hall–Kier alpha value is -1.42. The van der Waals surface area contributed by atoms with Gasteiger partial charge >= 0.3 is 0 Å². The second-order valence-corrected chi connectivity index (χ2v) is 4.17. The molecule has 118 valence electrons. The molecule has 1 heterocycles. The average molecular weight is 292 g/mol. The van der Waals surface area contributed by atoms with Crippen LogP contribution in [-0.2, 0) is 14.2 Å². The van der Waals surface area contributed by atoms with Crippen molar-refractivity contribution >= 4 is 10.8 Å². The maximum Gasteiger partial charge on any atom is 0.104 e. The maximum absolute atomic E-state index is 4.82. The van der Waals surface area contributed by atoms with E-state index in [1.54, 1.807) is 21.3 Å². The number of methoxy groups -OCH3 is 2. The van der Waals surface area contributed by atoms with Crippen molar-refractivity contribution in [3.63, 3.8) is 0 Å². The minimum atomic E-state index is 0.426. The lowest BCUT2D eigenvalue weighted by Crippen LogP contribution is -1.94. The SMILES string of the molecule is CC.COC.COCC1CO1.c1ccc2ccccc2c1. The lowest BCUT2D eigenvalue weighted by molar-refractivity contribution is 0.171. The molecule has 0 saturated carbocycles. The Balaban J connectivity index is 0.000000313. The van der Waals surface area contributed by atoms with E-state index in [2.05, 4.69) is 53.3 Å². The van der Waals surface area contributed by atoms with Gasteiger partial charge in [-0.05, 0) is 10.8 Å². The molecule has 0 aliphatic carbocycles. The lowest BCUT2D eigenvalue weighted by Gasteiger charge is -1.92. The summed E-state index contributed by atoms with van der Waals surface area (Å²) in [6.07, 6.45) is 0.426. The van der Waals surface area contributed by atoms with Gasteiger partial charge in [0.1, 0.15) is 6.10 Å². The fourth-order valence-electron chi connectivity index (χ4n) is 1.48. The molecule has 2 aromatic carbocycles. The fraction of sp³-hybridized carbons (Fsp3) is 0.444. The quantitative estimate of drug-likeness (QED) is 0.779. The van der Waals surface area contributed by atoms with Crippen LogP contribution in [0, 0.1) is 0 Å². The molecule has 1 unspecified atom stereocenters. The zero-order valence-electron chi connectivity index (χ0n) is 13.8. The molecule has 3 rings (SSSR count). The highest BCUT2D eigenvalue weighted by atomic mass is 16.6. The minimum absolute atomic E-state index is 0.426. The van der Waals surface area contributed by atoms with Gasteiger partial charge in [-0.25, -0.2) is 0 Å². The molecule has 1 aliphatic heterocycles. The van der Waals surface area contributed by atoms with Gasteiger partial charge in [0.05, 0.1) is 13.2 Å². The molecule has 3 heteroatoms. The molecule has 0 aromatic heterocycles. The van der Waals surface area contributed by atoms with Crippen molar-refractivity contribution in [1.82, 2.24) is 0 Å². The summed E-state index contributed by atoms with van der Waals surface area (Å²) in [7, 11) is 4.93. The molecule has 0 radical (unpaired) electrons. The van der Waals surface area contributed by atoms with Crippen LogP contribution in [0.15, 0.2) is 48.5 Å². The van der Waals surface area contributed by atoms with Crippen LogP contribution in [0.25, 0.3) is 10.8 Å². The smallest absolute Gasteiger partial charge is 0.104 e. The number of hydrogen-bond donors (Lipinski definition) is 0. The molecule has 0 bridgehead atoms. The van der Waals surface area contributed by atoms with Crippen LogP contribution in [-0.4, -0.2) is 40.6 Å². The Labute approximate surface area is 128 Å². The molecule has 1 saturated heterocycles. The first kappa shape index (κ1) is 19.6. The molecule has 2 aromatic rings. The predicted molar refractivity (Wildman–Crippen MR) is 89.8 cm³/mol. The number of hydrogen-bond acceptors (Lipinski definition) is 3. The Kier molecular flexibility index (Phi) is 12.6. The van der Waals surface area contributed by atoms with E-state index in [-0.39, 0.29) is 0 Å².